The average molecular weight is 491 g/mol. The molecule has 3 aromatic heterocycles. The Labute approximate surface area is 195 Å². The van der Waals surface area contributed by atoms with E-state index in [0.717, 1.165) is 10.8 Å². The predicted molar refractivity (Wildman–Crippen MR) is 120 cm³/mol. The van der Waals surface area contributed by atoms with Gasteiger partial charge in [-0.3, -0.25) is 14.2 Å². The lowest BCUT2D eigenvalue weighted by atomic mass is 10.1. The second-order valence-electron chi connectivity index (χ2n) is 7.40. The molecule has 1 amide bonds. The number of amides is 1. The molecule has 0 saturated carbocycles. The number of benzene rings is 1. The zero-order valence-corrected chi connectivity index (χ0v) is 18.2. The van der Waals surface area contributed by atoms with Gasteiger partial charge in [0.15, 0.2) is 5.82 Å². The van der Waals surface area contributed by atoms with Gasteiger partial charge in [-0.2, -0.15) is 8.78 Å². The molecule has 1 aromatic carbocycles. The minimum Gasteiger partial charge on any atom is -0.359 e. The van der Waals surface area contributed by atoms with E-state index < -0.39 is 36.3 Å². The quantitative estimate of drug-likeness (QED) is 0.351. The smallest absolute Gasteiger partial charge is 0.294 e. The first-order chi connectivity index (χ1) is 16.2. The molecule has 3 heterocycles. The highest BCUT2D eigenvalue weighted by atomic mass is 35.5. The Balaban J connectivity index is 1.42. The van der Waals surface area contributed by atoms with Crippen molar-refractivity contribution in [3.8, 4) is 0 Å². The van der Waals surface area contributed by atoms with Crippen LogP contribution in [-0.2, 0) is 23.8 Å². The van der Waals surface area contributed by atoms with E-state index in [2.05, 4.69) is 25.6 Å². The second-order valence-corrected chi connectivity index (χ2v) is 7.79. The summed E-state index contributed by atoms with van der Waals surface area (Å²) in [4.78, 5) is 35.6. The number of carbonyl (C=O) groups excluding carboxylic acids is 1. The van der Waals surface area contributed by atoms with Gasteiger partial charge in [-0.1, -0.05) is 41.9 Å². The van der Waals surface area contributed by atoms with Crippen LogP contribution in [0.5, 0.6) is 0 Å². The fraction of sp³-hybridized carbons (Fsp3) is 0.182. The number of aromatic amines is 1. The number of hydrogen-bond donors (Lipinski definition) is 3. The number of fused-ring (bicyclic) bond motifs is 1. The van der Waals surface area contributed by atoms with Crippen LogP contribution in [0, 0.1) is 5.82 Å². The molecule has 0 saturated heterocycles. The second kappa shape index (κ2) is 9.56. The summed E-state index contributed by atoms with van der Waals surface area (Å²) < 4.78 is 43.4. The van der Waals surface area contributed by atoms with E-state index in [9.17, 15) is 22.8 Å². The van der Waals surface area contributed by atoms with E-state index in [4.69, 9.17) is 11.6 Å². The number of nitrogens with one attached hydrogen (secondary N) is 3. The molecule has 8 nitrogen and oxygen atoms in total. The van der Waals surface area contributed by atoms with Crippen molar-refractivity contribution in [2.24, 2.45) is 0 Å². The minimum absolute atomic E-state index is 0.0260. The highest BCUT2D eigenvalue weighted by Crippen LogP contribution is 2.27. The number of halogens is 4. The molecule has 34 heavy (non-hydrogen) atoms. The summed E-state index contributed by atoms with van der Waals surface area (Å²) in [5, 5.41) is 5.06. The fourth-order valence-corrected chi connectivity index (χ4v) is 3.41. The van der Waals surface area contributed by atoms with Gasteiger partial charge in [0, 0.05) is 24.5 Å². The Morgan fingerprint density at radius 1 is 1.18 bits per heavy atom. The van der Waals surface area contributed by atoms with Crippen LogP contribution in [0.4, 0.5) is 19.0 Å². The Kier molecular flexibility index (Phi) is 6.55. The molecule has 0 aliphatic heterocycles. The SMILES string of the molecule is O=C(Cn1c(Cl)cnc(NCC(F)(F)c2ccccc2)c1=O)NCc1cnc2[nH]cc(F)c2c1. The molecule has 0 aliphatic rings. The normalized spacial score (nSPS) is 11.5. The highest BCUT2D eigenvalue weighted by Gasteiger charge is 2.31. The van der Waals surface area contributed by atoms with Crippen LogP contribution in [0.25, 0.3) is 11.0 Å². The highest BCUT2D eigenvalue weighted by molar-refractivity contribution is 6.29. The Bertz CT molecular complexity index is 1390. The van der Waals surface area contributed by atoms with Crippen LogP contribution >= 0.6 is 11.6 Å². The van der Waals surface area contributed by atoms with Gasteiger partial charge in [0.25, 0.3) is 11.5 Å². The van der Waals surface area contributed by atoms with Gasteiger partial charge in [0.2, 0.25) is 5.91 Å². The van der Waals surface area contributed by atoms with Crippen LogP contribution in [0.2, 0.25) is 5.15 Å². The van der Waals surface area contributed by atoms with Crippen LogP contribution in [0.1, 0.15) is 11.1 Å². The number of anilines is 1. The van der Waals surface area contributed by atoms with Crippen molar-refractivity contribution in [1.29, 1.82) is 0 Å². The minimum atomic E-state index is -3.26. The largest absolute Gasteiger partial charge is 0.359 e. The van der Waals surface area contributed by atoms with Crippen molar-refractivity contribution in [1.82, 2.24) is 24.8 Å². The van der Waals surface area contributed by atoms with E-state index in [1.54, 1.807) is 6.07 Å². The molecule has 0 atom stereocenters. The van der Waals surface area contributed by atoms with Crippen LogP contribution in [0.3, 0.4) is 0 Å². The number of rotatable bonds is 8. The standard InChI is InChI=1S/C22H18ClF3N6O2/c23-17-10-30-20(31-12-22(25,26)14-4-2-1-3-5-14)21(34)32(17)11-18(33)27-7-13-6-15-16(24)9-29-19(15)28-8-13/h1-6,8-10H,7,11-12H2,(H,27,33)(H,28,29)(H,30,31). The third kappa shape index (κ3) is 5.04. The number of aromatic nitrogens is 4. The number of hydrogen-bond acceptors (Lipinski definition) is 5. The monoisotopic (exact) mass is 490 g/mol. The van der Waals surface area contributed by atoms with E-state index >= 15 is 0 Å². The molecule has 0 unspecified atom stereocenters. The molecule has 0 spiro atoms. The molecule has 0 fully saturated rings. The van der Waals surface area contributed by atoms with Crippen LogP contribution in [-0.4, -0.2) is 32.0 Å². The molecule has 0 aliphatic carbocycles. The lowest BCUT2D eigenvalue weighted by molar-refractivity contribution is -0.121. The molecule has 3 N–H and O–H groups in total. The Morgan fingerprint density at radius 3 is 2.71 bits per heavy atom. The van der Waals surface area contributed by atoms with E-state index in [1.165, 1.54) is 42.7 Å². The van der Waals surface area contributed by atoms with Crippen LogP contribution in [0.15, 0.2) is 59.8 Å². The number of alkyl halides is 2. The van der Waals surface area contributed by atoms with Gasteiger partial charge in [-0.25, -0.2) is 14.4 Å². The van der Waals surface area contributed by atoms with Gasteiger partial charge in [-0.05, 0) is 11.6 Å². The molecule has 0 bridgehead atoms. The van der Waals surface area contributed by atoms with Gasteiger partial charge in [-0.15, -0.1) is 0 Å². The van der Waals surface area contributed by atoms with Gasteiger partial charge in [0.05, 0.1) is 18.1 Å². The number of nitrogens with zero attached hydrogens (tertiary/aromatic N) is 3. The number of carbonyl (C=O) groups is 1. The molecule has 176 valence electrons. The Hall–Kier alpha value is -3.86. The first-order valence-corrected chi connectivity index (χ1v) is 10.4. The Morgan fingerprint density at radius 2 is 1.94 bits per heavy atom. The number of H-pyrrole nitrogens is 1. The molecule has 4 aromatic rings. The van der Waals surface area contributed by atoms with Gasteiger partial charge < -0.3 is 15.6 Å². The lowest BCUT2D eigenvalue weighted by Crippen LogP contribution is -2.35. The molecular weight excluding hydrogens is 473 g/mol. The molecule has 12 heteroatoms. The first kappa shape index (κ1) is 23.3. The molecular formula is C22H18ClF3N6O2. The first-order valence-electron chi connectivity index (χ1n) is 10.1. The number of pyridine rings is 1. The maximum atomic E-state index is 14.4. The van der Waals surface area contributed by atoms with E-state index in [0.29, 0.717) is 11.2 Å². The van der Waals surface area contributed by atoms with Crippen molar-refractivity contribution < 1.29 is 18.0 Å². The van der Waals surface area contributed by atoms with E-state index in [-0.39, 0.29) is 28.5 Å². The maximum Gasteiger partial charge on any atom is 0.294 e. The van der Waals surface area contributed by atoms with Crippen LogP contribution < -0.4 is 16.2 Å². The summed E-state index contributed by atoms with van der Waals surface area (Å²) >= 11 is 6.01. The maximum absolute atomic E-state index is 14.4. The van der Waals surface area contributed by atoms with Crippen molar-refractivity contribution in [3.05, 3.63) is 87.4 Å². The third-order valence-electron chi connectivity index (χ3n) is 5.01. The zero-order valence-electron chi connectivity index (χ0n) is 17.5. The average Bonchev–Trinajstić information content (AvgIpc) is 3.20. The van der Waals surface area contributed by atoms with Gasteiger partial charge in [0.1, 0.15) is 23.2 Å². The topological polar surface area (TPSA) is 105 Å². The van der Waals surface area contributed by atoms with Gasteiger partial charge >= 0.3 is 0 Å². The molecule has 0 radical (unpaired) electrons. The summed E-state index contributed by atoms with van der Waals surface area (Å²) in [6, 6.07) is 8.67. The van der Waals surface area contributed by atoms with Crippen molar-refractivity contribution in [2.75, 3.05) is 11.9 Å². The zero-order chi connectivity index (χ0) is 24.3. The predicted octanol–water partition coefficient (Wildman–Crippen LogP) is 3.43. The lowest BCUT2D eigenvalue weighted by Gasteiger charge is -2.18. The summed E-state index contributed by atoms with van der Waals surface area (Å²) in [6.07, 6.45) is 3.74. The van der Waals surface area contributed by atoms with Crippen molar-refractivity contribution >= 4 is 34.4 Å². The summed E-state index contributed by atoms with van der Waals surface area (Å²) in [5.74, 6) is -4.68. The summed E-state index contributed by atoms with van der Waals surface area (Å²) in [7, 11) is 0. The fourth-order valence-electron chi connectivity index (χ4n) is 3.23. The van der Waals surface area contributed by atoms with E-state index in [1.807, 2.05) is 0 Å². The van der Waals surface area contributed by atoms with Crippen molar-refractivity contribution in [3.63, 3.8) is 0 Å². The summed E-state index contributed by atoms with van der Waals surface area (Å²) in [6.45, 7) is -1.32. The summed E-state index contributed by atoms with van der Waals surface area (Å²) in [5.41, 5.74) is -0.133. The third-order valence-corrected chi connectivity index (χ3v) is 5.31. The molecule has 4 rings (SSSR count). The van der Waals surface area contributed by atoms with Crippen molar-refractivity contribution in [2.45, 2.75) is 19.0 Å².